The molecule has 24 heavy (non-hydrogen) atoms. The lowest BCUT2D eigenvalue weighted by Gasteiger charge is -2.24. The predicted molar refractivity (Wildman–Crippen MR) is 95.2 cm³/mol. The molecule has 0 saturated carbocycles. The number of likely N-dealkylation sites (N-methyl/N-ethyl adjacent to an activating group) is 1. The number of hydrogen-bond acceptors (Lipinski definition) is 3. The summed E-state index contributed by atoms with van der Waals surface area (Å²) in [6, 6.07) is 15.1. The maximum Gasteiger partial charge on any atom is 0.233 e. The fourth-order valence-electron chi connectivity index (χ4n) is 2.29. The van der Waals surface area contributed by atoms with Crippen LogP contribution in [0.15, 0.2) is 60.0 Å². The van der Waals surface area contributed by atoms with Crippen molar-refractivity contribution in [2.75, 3.05) is 20.6 Å². The van der Waals surface area contributed by atoms with Crippen molar-refractivity contribution in [2.24, 2.45) is 0 Å². The van der Waals surface area contributed by atoms with Gasteiger partial charge in [0.05, 0.1) is 0 Å². The molecular weight excluding hydrogens is 327 g/mol. The average Bonchev–Trinajstić information content (AvgIpc) is 2.54. The van der Waals surface area contributed by atoms with Crippen molar-refractivity contribution in [2.45, 2.75) is 6.04 Å². The zero-order valence-corrected chi connectivity index (χ0v) is 14.5. The summed E-state index contributed by atoms with van der Waals surface area (Å²) in [5.74, 6) is -0.341. The van der Waals surface area contributed by atoms with Crippen LogP contribution in [0.25, 0.3) is 6.08 Å². The molecule has 0 saturated heterocycles. The Labute approximate surface area is 142 Å². The van der Waals surface area contributed by atoms with Crippen LogP contribution in [-0.4, -0.2) is 34.0 Å². The van der Waals surface area contributed by atoms with E-state index < -0.39 is 10.0 Å². The highest BCUT2D eigenvalue weighted by Gasteiger charge is 2.17. The lowest BCUT2D eigenvalue weighted by molar-refractivity contribution is 0.299. The first-order valence-corrected chi connectivity index (χ1v) is 9.07. The van der Waals surface area contributed by atoms with Crippen LogP contribution in [0.5, 0.6) is 0 Å². The largest absolute Gasteiger partial charge is 0.301 e. The zero-order valence-electron chi connectivity index (χ0n) is 13.7. The Bertz CT molecular complexity index is 790. The van der Waals surface area contributed by atoms with Gasteiger partial charge in [-0.3, -0.25) is 0 Å². The summed E-state index contributed by atoms with van der Waals surface area (Å²) in [4.78, 5) is 1.85. The van der Waals surface area contributed by atoms with E-state index in [1.807, 2.05) is 49.3 Å². The van der Waals surface area contributed by atoms with E-state index >= 15 is 0 Å². The lowest BCUT2D eigenvalue weighted by atomic mass is 10.1. The molecule has 0 amide bonds. The second-order valence-corrected chi connectivity index (χ2v) is 7.29. The van der Waals surface area contributed by atoms with Crippen molar-refractivity contribution in [1.29, 1.82) is 0 Å². The molecule has 0 aromatic heterocycles. The maximum absolute atomic E-state index is 13.4. The number of rotatable bonds is 7. The smallest absolute Gasteiger partial charge is 0.233 e. The number of nitrogens with zero attached hydrogens (tertiary/aromatic N) is 1. The summed E-state index contributed by atoms with van der Waals surface area (Å²) in [7, 11) is 0.0687. The van der Waals surface area contributed by atoms with E-state index in [4.69, 9.17) is 0 Å². The van der Waals surface area contributed by atoms with E-state index in [2.05, 4.69) is 4.72 Å². The lowest BCUT2D eigenvalue weighted by Crippen LogP contribution is -2.33. The number of nitrogens with one attached hydrogen (secondary N) is 1. The van der Waals surface area contributed by atoms with Gasteiger partial charge >= 0.3 is 0 Å². The van der Waals surface area contributed by atoms with Crippen LogP contribution >= 0.6 is 0 Å². The Hall–Kier alpha value is -2.02. The van der Waals surface area contributed by atoms with E-state index in [1.54, 1.807) is 12.1 Å². The molecule has 0 fully saturated rings. The van der Waals surface area contributed by atoms with Gasteiger partial charge in [0.2, 0.25) is 10.0 Å². The molecule has 0 spiro atoms. The minimum Gasteiger partial charge on any atom is -0.301 e. The highest BCUT2D eigenvalue weighted by Crippen LogP contribution is 2.18. The Balaban J connectivity index is 2.07. The van der Waals surface area contributed by atoms with Crippen LogP contribution in [0.2, 0.25) is 0 Å². The molecule has 2 aromatic rings. The molecule has 4 nitrogen and oxygen atoms in total. The molecule has 0 heterocycles. The van der Waals surface area contributed by atoms with Crippen LogP contribution in [0, 0.1) is 5.82 Å². The van der Waals surface area contributed by atoms with E-state index in [0.29, 0.717) is 0 Å². The van der Waals surface area contributed by atoms with E-state index in [9.17, 15) is 12.8 Å². The monoisotopic (exact) mass is 348 g/mol. The molecule has 0 bridgehead atoms. The second kappa shape index (κ2) is 8.19. The summed E-state index contributed by atoms with van der Waals surface area (Å²) < 4.78 is 40.2. The molecule has 1 atom stereocenters. The van der Waals surface area contributed by atoms with E-state index in [-0.39, 0.29) is 18.4 Å². The van der Waals surface area contributed by atoms with Crippen molar-refractivity contribution >= 4 is 16.1 Å². The second-order valence-electron chi connectivity index (χ2n) is 5.64. The molecule has 1 N–H and O–H groups in total. The summed E-state index contributed by atoms with van der Waals surface area (Å²) in [6.07, 6.45) is 1.54. The van der Waals surface area contributed by atoms with Crippen LogP contribution in [0.4, 0.5) is 4.39 Å². The minimum absolute atomic E-state index is 0.151. The molecule has 1 unspecified atom stereocenters. The van der Waals surface area contributed by atoms with Crippen LogP contribution in [0.3, 0.4) is 0 Å². The van der Waals surface area contributed by atoms with E-state index in [0.717, 1.165) is 16.5 Å². The van der Waals surface area contributed by atoms with Crippen molar-refractivity contribution in [3.8, 4) is 0 Å². The molecule has 2 rings (SSSR count). The normalized spacial score (nSPS) is 13.5. The maximum atomic E-state index is 13.4. The third-order valence-electron chi connectivity index (χ3n) is 3.57. The molecule has 0 radical (unpaired) electrons. The van der Waals surface area contributed by atoms with Crippen molar-refractivity contribution < 1.29 is 12.8 Å². The topological polar surface area (TPSA) is 49.4 Å². The van der Waals surface area contributed by atoms with Gasteiger partial charge in [0.1, 0.15) is 5.82 Å². The third-order valence-corrected chi connectivity index (χ3v) is 4.64. The standard InChI is InChI=1S/C18H21FN2O2S/c1-21(2)18(16-9-6-10-17(19)13-16)14-20-24(22,23)12-11-15-7-4-3-5-8-15/h3-13,18,20H,14H2,1-2H3/b12-11+. The SMILES string of the molecule is CN(C)C(CNS(=O)(=O)/C=C/c1ccccc1)c1cccc(F)c1. The Morgan fingerprint density at radius 1 is 1.12 bits per heavy atom. The van der Waals surface area contributed by atoms with Gasteiger partial charge < -0.3 is 4.90 Å². The van der Waals surface area contributed by atoms with Crippen molar-refractivity contribution in [3.63, 3.8) is 0 Å². The summed E-state index contributed by atoms with van der Waals surface area (Å²) in [5, 5.41) is 1.14. The van der Waals surface area contributed by atoms with Gasteiger partial charge in [-0.2, -0.15) is 0 Å². The van der Waals surface area contributed by atoms with Gasteiger partial charge in [-0.15, -0.1) is 0 Å². The van der Waals surface area contributed by atoms with Gasteiger partial charge in [0.15, 0.2) is 0 Å². The summed E-state index contributed by atoms with van der Waals surface area (Å²) in [5.41, 5.74) is 1.52. The van der Waals surface area contributed by atoms with Gasteiger partial charge in [0.25, 0.3) is 0 Å². The summed E-state index contributed by atoms with van der Waals surface area (Å²) >= 11 is 0. The number of halogens is 1. The van der Waals surface area contributed by atoms with Crippen molar-refractivity contribution in [1.82, 2.24) is 9.62 Å². The first-order valence-electron chi connectivity index (χ1n) is 7.52. The Morgan fingerprint density at radius 2 is 1.83 bits per heavy atom. The summed E-state index contributed by atoms with van der Waals surface area (Å²) in [6.45, 7) is 0.151. The predicted octanol–water partition coefficient (Wildman–Crippen LogP) is 3.02. The molecular formula is C18H21FN2O2S. The first kappa shape index (κ1) is 18.3. The van der Waals surface area contributed by atoms with Crippen LogP contribution in [0.1, 0.15) is 17.2 Å². The zero-order chi connectivity index (χ0) is 17.6. The van der Waals surface area contributed by atoms with Crippen LogP contribution < -0.4 is 4.72 Å². The number of benzene rings is 2. The fourth-order valence-corrected chi connectivity index (χ4v) is 3.11. The number of hydrogen-bond donors (Lipinski definition) is 1. The molecule has 0 aliphatic rings. The Kier molecular flexibility index (Phi) is 6.25. The van der Waals surface area contributed by atoms with Crippen LogP contribution in [-0.2, 0) is 10.0 Å². The average molecular weight is 348 g/mol. The van der Waals surface area contributed by atoms with Gasteiger partial charge in [0, 0.05) is 18.0 Å². The molecule has 128 valence electrons. The molecule has 0 aliphatic heterocycles. The fraction of sp³-hybridized carbons (Fsp3) is 0.222. The highest BCUT2D eigenvalue weighted by atomic mass is 32.2. The minimum atomic E-state index is -3.58. The van der Waals surface area contributed by atoms with Gasteiger partial charge in [-0.25, -0.2) is 17.5 Å². The first-order chi connectivity index (χ1) is 11.4. The van der Waals surface area contributed by atoms with Crippen molar-refractivity contribution in [3.05, 3.63) is 76.9 Å². The van der Waals surface area contributed by atoms with E-state index in [1.165, 1.54) is 18.2 Å². The highest BCUT2D eigenvalue weighted by molar-refractivity contribution is 7.92. The molecule has 6 heteroatoms. The quantitative estimate of drug-likeness (QED) is 0.837. The Morgan fingerprint density at radius 3 is 2.46 bits per heavy atom. The van der Waals surface area contributed by atoms with Gasteiger partial charge in [-0.1, -0.05) is 42.5 Å². The number of sulfonamides is 1. The molecule has 0 aliphatic carbocycles. The van der Waals surface area contributed by atoms with Gasteiger partial charge in [-0.05, 0) is 43.4 Å². The molecule has 2 aromatic carbocycles. The third kappa shape index (κ3) is 5.56.